The molecule has 0 radical (unpaired) electrons. The molecular weight excluding hydrogens is 330 g/mol. The number of hydrogen-bond donors (Lipinski definition) is 2. The van der Waals surface area contributed by atoms with Gasteiger partial charge in [0.05, 0.1) is 21.3 Å². The van der Waals surface area contributed by atoms with Gasteiger partial charge in [-0.3, -0.25) is 0 Å². The summed E-state index contributed by atoms with van der Waals surface area (Å²) in [5, 5.41) is 11.8. The Morgan fingerprint density at radius 2 is 1.56 bits per heavy atom. The van der Waals surface area contributed by atoms with Gasteiger partial charge in [0.15, 0.2) is 11.5 Å². The van der Waals surface area contributed by atoms with Crippen molar-refractivity contribution in [2.45, 2.75) is 38.8 Å². The van der Waals surface area contributed by atoms with Crippen LogP contribution in [0.5, 0.6) is 17.2 Å². The summed E-state index contributed by atoms with van der Waals surface area (Å²) in [6, 6.07) is 2.02. The van der Waals surface area contributed by atoms with E-state index in [1.54, 1.807) is 32.9 Å². The van der Waals surface area contributed by atoms with Gasteiger partial charge in [0.2, 0.25) is 0 Å². The van der Waals surface area contributed by atoms with E-state index in [0.29, 0.717) is 22.8 Å². The normalized spacial score (nSPS) is 12.1. The van der Waals surface area contributed by atoms with E-state index < -0.39 is 23.7 Å². The summed E-state index contributed by atoms with van der Waals surface area (Å²) in [5.74, 6) is 0.118. The fourth-order valence-electron chi connectivity index (χ4n) is 2.12. The maximum absolute atomic E-state index is 11.9. The first kappa shape index (κ1) is 20.4. The van der Waals surface area contributed by atoms with Crippen LogP contribution in [0.3, 0.4) is 0 Å². The van der Waals surface area contributed by atoms with Gasteiger partial charge in [-0.05, 0) is 26.8 Å². The number of ether oxygens (including phenoxy) is 4. The van der Waals surface area contributed by atoms with Gasteiger partial charge in [-0.25, -0.2) is 9.59 Å². The predicted octanol–water partition coefficient (Wildman–Crippen LogP) is 2.23. The highest BCUT2D eigenvalue weighted by Gasteiger charge is 2.26. The number of carbonyl (C=O) groups excluding carboxylic acids is 1. The van der Waals surface area contributed by atoms with Crippen LogP contribution in [0.25, 0.3) is 0 Å². The highest BCUT2D eigenvalue weighted by Crippen LogP contribution is 2.35. The molecule has 0 aromatic heterocycles. The van der Waals surface area contributed by atoms with Gasteiger partial charge in [-0.1, -0.05) is 0 Å². The SMILES string of the molecule is COc1cc(OC)c(OC)cc1CC(NC(=O)OC(C)(C)C)C(=O)O. The average molecular weight is 355 g/mol. The molecule has 0 aliphatic heterocycles. The number of carbonyl (C=O) groups is 2. The van der Waals surface area contributed by atoms with Crippen LogP contribution in [0.1, 0.15) is 26.3 Å². The summed E-state index contributed by atoms with van der Waals surface area (Å²) in [5.41, 5.74) is -0.183. The van der Waals surface area contributed by atoms with Crippen molar-refractivity contribution in [2.24, 2.45) is 0 Å². The third-order valence-corrected chi connectivity index (χ3v) is 3.20. The molecule has 8 nitrogen and oxygen atoms in total. The van der Waals surface area contributed by atoms with Gasteiger partial charge in [-0.15, -0.1) is 0 Å². The van der Waals surface area contributed by atoms with Crippen LogP contribution >= 0.6 is 0 Å². The van der Waals surface area contributed by atoms with Gasteiger partial charge in [0.25, 0.3) is 0 Å². The molecule has 25 heavy (non-hydrogen) atoms. The number of aliphatic carboxylic acids is 1. The number of carboxylic acid groups (broad SMARTS) is 1. The number of alkyl carbamates (subject to hydrolysis) is 1. The zero-order valence-electron chi connectivity index (χ0n) is 15.3. The lowest BCUT2D eigenvalue weighted by molar-refractivity contribution is -0.139. The molecular formula is C17H25NO7. The smallest absolute Gasteiger partial charge is 0.408 e. The Morgan fingerprint density at radius 3 is 2.00 bits per heavy atom. The lowest BCUT2D eigenvalue weighted by atomic mass is 10.0. The van der Waals surface area contributed by atoms with Crippen molar-refractivity contribution >= 4 is 12.1 Å². The number of hydrogen-bond acceptors (Lipinski definition) is 6. The van der Waals surface area contributed by atoms with Crippen molar-refractivity contribution in [3.8, 4) is 17.2 Å². The molecule has 0 aliphatic carbocycles. The summed E-state index contributed by atoms with van der Waals surface area (Å²) in [4.78, 5) is 23.4. The lowest BCUT2D eigenvalue weighted by Gasteiger charge is -2.22. The first-order chi connectivity index (χ1) is 11.6. The van der Waals surface area contributed by atoms with Gasteiger partial charge in [-0.2, -0.15) is 0 Å². The van der Waals surface area contributed by atoms with Crippen LogP contribution < -0.4 is 19.5 Å². The van der Waals surface area contributed by atoms with Crippen molar-refractivity contribution in [1.29, 1.82) is 0 Å². The van der Waals surface area contributed by atoms with E-state index in [2.05, 4.69) is 5.32 Å². The minimum atomic E-state index is -1.19. The maximum Gasteiger partial charge on any atom is 0.408 e. The predicted molar refractivity (Wildman–Crippen MR) is 90.6 cm³/mol. The molecule has 0 fully saturated rings. The first-order valence-corrected chi connectivity index (χ1v) is 7.62. The molecule has 1 rings (SSSR count). The summed E-state index contributed by atoms with van der Waals surface area (Å²) < 4.78 is 20.8. The molecule has 140 valence electrons. The van der Waals surface area contributed by atoms with Crippen LogP contribution in [0.4, 0.5) is 4.79 Å². The van der Waals surface area contributed by atoms with E-state index in [-0.39, 0.29) is 6.42 Å². The Morgan fingerprint density at radius 1 is 1.04 bits per heavy atom. The second kappa shape index (κ2) is 8.46. The van der Waals surface area contributed by atoms with Crippen molar-refractivity contribution in [2.75, 3.05) is 21.3 Å². The Bertz CT molecular complexity index is 622. The number of amides is 1. The van der Waals surface area contributed by atoms with Gasteiger partial charge in [0.1, 0.15) is 17.4 Å². The Kier molecular flexibility index (Phi) is 6.90. The molecule has 0 saturated heterocycles. The quantitative estimate of drug-likeness (QED) is 0.773. The fourth-order valence-corrected chi connectivity index (χ4v) is 2.12. The zero-order chi connectivity index (χ0) is 19.2. The standard InChI is InChI=1S/C17H25NO7/c1-17(2,3)25-16(21)18-11(15(19)20)7-10-8-13(23-5)14(24-6)9-12(10)22-4/h8-9,11H,7H2,1-6H3,(H,18,21)(H,19,20). The molecule has 8 heteroatoms. The second-order valence-electron chi connectivity index (χ2n) is 6.26. The van der Waals surface area contributed by atoms with Crippen molar-refractivity contribution < 1.29 is 33.6 Å². The minimum Gasteiger partial charge on any atom is -0.496 e. The van der Waals surface area contributed by atoms with E-state index in [9.17, 15) is 14.7 Å². The molecule has 0 spiro atoms. The molecule has 2 N–H and O–H groups in total. The van der Waals surface area contributed by atoms with Crippen molar-refractivity contribution in [3.05, 3.63) is 17.7 Å². The third kappa shape index (κ3) is 6.06. The van der Waals surface area contributed by atoms with Gasteiger partial charge >= 0.3 is 12.1 Å². The van der Waals surface area contributed by atoms with Crippen LogP contribution in [-0.2, 0) is 16.0 Å². The fraction of sp³-hybridized carbons (Fsp3) is 0.529. The van der Waals surface area contributed by atoms with E-state index >= 15 is 0 Å². The largest absolute Gasteiger partial charge is 0.496 e. The molecule has 0 heterocycles. The first-order valence-electron chi connectivity index (χ1n) is 7.62. The monoisotopic (exact) mass is 355 g/mol. The topological polar surface area (TPSA) is 103 Å². The lowest BCUT2D eigenvalue weighted by Crippen LogP contribution is -2.44. The second-order valence-corrected chi connectivity index (χ2v) is 6.26. The maximum atomic E-state index is 11.9. The number of rotatable bonds is 7. The summed E-state index contributed by atoms with van der Waals surface area (Å²) in [6.45, 7) is 5.08. The Hall–Kier alpha value is -2.64. The van der Waals surface area contributed by atoms with E-state index in [1.165, 1.54) is 21.3 Å². The van der Waals surface area contributed by atoms with Crippen LogP contribution in [-0.4, -0.2) is 50.1 Å². The molecule has 0 saturated carbocycles. The van der Waals surface area contributed by atoms with Crippen LogP contribution in [0, 0.1) is 0 Å². The molecule has 1 atom stereocenters. The van der Waals surface area contributed by atoms with E-state index in [4.69, 9.17) is 18.9 Å². The van der Waals surface area contributed by atoms with Crippen molar-refractivity contribution in [3.63, 3.8) is 0 Å². The van der Waals surface area contributed by atoms with Crippen molar-refractivity contribution in [1.82, 2.24) is 5.32 Å². The minimum absolute atomic E-state index is 0.0158. The zero-order valence-corrected chi connectivity index (χ0v) is 15.3. The summed E-state index contributed by atoms with van der Waals surface area (Å²) >= 11 is 0. The molecule has 0 aliphatic rings. The van der Waals surface area contributed by atoms with Crippen LogP contribution in [0.2, 0.25) is 0 Å². The molecule has 1 amide bonds. The molecule has 1 unspecified atom stereocenters. The van der Waals surface area contributed by atoms with Gasteiger partial charge in [0, 0.05) is 18.1 Å². The Balaban J connectivity index is 3.05. The highest BCUT2D eigenvalue weighted by molar-refractivity contribution is 5.80. The number of nitrogens with one attached hydrogen (secondary N) is 1. The van der Waals surface area contributed by atoms with Crippen LogP contribution in [0.15, 0.2) is 12.1 Å². The third-order valence-electron chi connectivity index (χ3n) is 3.20. The van der Waals surface area contributed by atoms with E-state index in [0.717, 1.165) is 0 Å². The Labute approximate surface area is 147 Å². The number of carboxylic acids is 1. The molecule has 0 bridgehead atoms. The highest BCUT2D eigenvalue weighted by atomic mass is 16.6. The van der Waals surface area contributed by atoms with Gasteiger partial charge < -0.3 is 29.4 Å². The summed E-state index contributed by atoms with van der Waals surface area (Å²) in [6.07, 6.45) is -0.822. The number of benzene rings is 1. The summed E-state index contributed by atoms with van der Waals surface area (Å²) in [7, 11) is 4.42. The van der Waals surface area contributed by atoms with E-state index in [1.807, 2.05) is 0 Å². The number of methoxy groups -OCH3 is 3. The average Bonchev–Trinajstić information content (AvgIpc) is 2.51. The molecule has 1 aromatic rings. The molecule has 1 aromatic carbocycles.